The first-order chi connectivity index (χ1) is 12.5. The fraction of sp³-hybridized carbons (Fsp3) is 0.118. The van der Waals surface area contributed by atoms with Crippen LogP contribution in [0.15, 0.2) is 47.4 Å². The molecule has 1 aromatic heterocycles. The van der Waals surface area contributed by atoms with Crippen molar-refractivity contribution in [2.24, 2.45) is 0 Å². The van der Waals surface area contributed by atoms with Crippen LogP contribution in [0.5, 0.6) is 0 Å². The number of benzene rings is 2. The standard InChI is InChI=1S/C17H12Cl2FN3OS2/c18-12-2-1-3-13(19)15(12)25-9-14-22-23-17(26-14)16(24)21-8-10-4-6-11(20)7-5-10/h1-7H,8-9H2,(H,21,24). The van der Waals surface area contributed by atoms with Crippen LogP contribution in [-0.4, -0.2) is 16.1 Å². The molecule has 0 bridgehead atoms. The number of hydrogen-bond donors (Lipinski definition) is 1. The zero-order valence-electron chi connectivity index (χ0n) is 13.2. The van der Waals surface area contributed by atoms with Crippen LogP contribution in [0, 0.1) is 5.82 Å². The van der Waals surface area contributed by atoms with E-state index < -0.39 is 0 Å². The molecule has 0 spiro atoms. The highest BCUT2D eigenvalue weighted by Crippen LogP contribution is 2.36. The summed E-state index contributed by atoms with van der Waals surface area (Å²) in [5.74, 6) is -0.129. The predicted molar refractivity (Wildman–Crippen MR) is 104 cm³/mol. The molecule has 3 rings (SSSR count). The van der Waals surface area contributed by atoms with E-state index in [0.29, 0.717) is 20.8 Å². The molecule has 0 unspecified atom stereocenters. The van der Waals surface area contributed by atoms with E-state index in [0.717, 1.165) is 10.5 Å². The fourth-order valence-electron chi connectivity index (χ4n) is 2.02. The van der Waals surface area contributed by atoms with E-state index in [4.69, 9.17) is 23.2 Å². The molecule has 1 N–H and O–H groups in total. The molecular formula is C17H12Cl2FN3OS2. The van der Waals surface area contributed by atoms with Crippen LogP contribution < -0.4 is 5.32 Å². The van der Waals surface area contributed by atoms with E-state index in [1.165, 1.54) is 35.2 Å². The van der Waals surface area contributed by atoms with Crippen LogP contribution in [0.1, 0.15) is 20.4 Å². The minimum Gasteiger partial charge on any atom is -0.346 e. The Kier molecular flexibility index (Phi) is 6.48. The van der Waals surface area contributed by atoms with E-state index in [2.05, 4.69) is 15.5 Å². The van der Waals surface area contributed by atoms with Crippen LogP contribution >= 0.6 is 46.3 Å². The normalized spacial score (nSPS) is 10.7. The number of hydrogen-bond acceptors (Lipinski definition) is 5. The Hall–Kier alpha value is -1.67. The number of nitrogens with one attached hydrogen (secondary N) is 1. The molecule has 0 fully saturated rings. The van der Waals surface area contributed by atoms with Gasteiger partial charge >= 0.3 is 0 Å². The van der Waals surface area contributed by atoms with Crippen molar-refractivity contribution >= 4 is 52.2 Å². The molecule has 1 amide bonds. The first-order valence-corrected chi connectivity index (χ1v) is 10.0. The molecule has 134 valence electrons. The van der Waals surface area contributed by atoms with Crippen molar-refractivity contribution < 1.29 is 9.18 Å². The molecule has 2 aromatic carbocycles. The molecule has 0 saturated heterocycles. The summed E-state index contributed by atoms with van der Waals surface area (Å²) in [7, 11) is 0. The van der Waals surface area contributed by atoms with Gasteiger partial charge in [-0.25, -0.2) is 4.39 Å². The van der Waals surface area contributed by atoms with Gasteiger partial charge in [-0.1, -0.05) is 52.7 Å². The lowest BCUT2D eigenvalue weighted by molar-refractivity contribution is 0.0950. The SMILES string of the molecule is O=C(NCc1ccc(F)cc1)c1nnc(CSc2c(Cl)cccc2Cl)s1. The van der Waals surface area contributed by atoms with Gasteiger partial charge in [0.25, 0.3) is 5.91 Å². The van der Waals surface area contributed by atoms with Crippen molar-refractivity contribution in [2.45, 2.75) is 17.2 Å². The van der Waals surface area contributed by atoms with Crippen molar-refractivity contribution in [3.05, 3.63) is 73.9 Å². The highest BCUT2D eigenvalue weighted by atomic mass is 35.5. The maximum atomic E-state index is 12.9. The van der Waals surface area contributed by atoms with Crippen LogP contribution in [0.25, 0.3) is 0 Å². The molecule has 0 atom stereocenters. The predicted octanol–water partition coefficient (Wildman–Crippen LogP) is 5.21. The van der Waals surface area contributed by atoms with Crippen LogP contribution in [0.4, 0.5) is 4.39 Å². The largest absolute Gasteiger partial charge is 0.346 e. The van der Waals surface area contributed by atoms with Crippen molar-refractivity contribution in [3.63, 3.8) is 0 Å². The van der Waals surface area contributed by atoms with Crippen molar-refractivity contribution in [3.8, 4) is 0 Å². The molecule has 9 heteroatoms. The highest BCUT2D eigenvalue weighted by Gasteiger charge is 2.14. The lowest BCUT2D eigenvalue weighted by Gasteiger charge is -2.04. The summed E-state index contributed by atoms with van der Waals surface area (Å²) in [5.41, 5.74) is 0.799. The van der Waals surface area contributed by atoms with Crippen LogP contribution in [0.3, 0.4) is 0 Å². The smallest absolute Gasteiger partial charge is 0.282 e. The Balaban J connectivity index is 1.57. The number of aromatic nitrogens is 2. The minimum atomic E-state index is -0.321. The van der Waals surface area contributed by atoms with Gasteiger partial charge in [0.2, 0.25) is 5.01 Å². The number of carbonyl (C=O) groups is 1. The number of thioether (sulfide) groups is 1. The topological polar surface area (TPSA) is 54.9 Å². The maximum Gasteiger partial charge on any atom is 0.282 e. The number of rotatable bonds is 6. The Morgan fingerprint density at radius 3 is 2.50 bits per heavy atom. The van der Waals surface area contributed by atoms with Gasteiger partial charge in [0.05, 0.1) is 15.8 Å². The van der Waals surface area contributed by atoms with Crippen molar-refractivity contribution in [1.29, 1.82) is 0 Å². The fourth-order valence-corrected chi connectivity index (χ4v) is 4.44. The van der Waals surface area contributed by atoms with Crippen LogP contribution in [0.2, 0.25) is 10.0 Å². The van der Waals surface area contributed by atoms with Gasteiger partial charge in [-0.15, -0.1) is 22.0 Å². The summed E-state index contributed by atoms with van der Waals surface area (Å²) in [6, 6.07) is 11.2. The second kappa shape index (κ2) is 8.81. The Morgan fingerprint density at radius 1 is 1.12 bits per heavy atom. The third-order valence-electron chi connectivity index (χ3n) is 3.29. The summed E-state index contributed by atoms with van der Waals surface area (Å²) < 4.78 is 12.9. The average molecular weight is 428 g/mol. The average Bonchev–Trinajstić information content (AvgIpc) is 3.10. The minimum absolute atomic E-state index is 0.271. The second-order valence-electron chi connectivity index (χ2n) is 5.15. The molecule has 0 aliphatic carbocycles. The van der Waals surface area contributed by atoms with E-state index >= 15 is 0 Å². The van der Waals surface area contributed by atoms with Gasteiger partial charge in [-0.05, 0) is 29.8 Å². The quantitative estimate of drug-likeness (QED) is 0.548. The third kappa shape index (κ3) is 4.94. The molecular weight excluding hydrogens is 416 g/mol. The monoisotopic (exact) mass is 427 g/mol. The summed E-state index contributed by atoms with van der Waals surface area (Å²) in [6.45, 7) is 0.290. The number of halogens is 3. The summed E-state index contributed by atoms with van der Waals surface area (Å²) in [5, 5.41) is 12.8. The molecule has 0 radical (unpaired) electrons. The molecule has 4 nitrogen and oxygen atoms in total. The van der Waals surface area contributed by atoms with E-state index in [1.807, 2.05) is 0 Å². The zero-order chi connectivity index (χ0) is 18.5. The van der Waals surface area contributed by atoms with Crippen molar-refractivity contribution in [1.82, 2.24) is 15.5 Å². The summed E-state index contributed by atoms with van der Waals surface area (Å²) in [6.07, 6.45) is 0. The zero-order valence-corrected chi connectivity index (χ0v) is 16.4. The molecule has 0 aliphatic heterocycles. The third-order valence-corrected chi connectivity index (χ3v) is 6.39. The van der Waals surface area contributed by atoms with E-state index in [9.17, 15) is 9.18 Å². The number of amides is 1. The first-order valence-electron chi connectivity index (χ1n) is 7.45. The second-order valence-corrected chi connectivity index (χ2v) is 8.01. The lowest BCUT2D eigenvalue weighted by Crippen LogP contribution is -2.22. The summed E-state index contributed by atoms with van der Waals surface area (Å²) >= 11 is 14.9. The van der Waals surface area contributed by atoms with Gasteiger partial charge in [0.1, 0.15) is 10.8 Å². The van der Waals surface area contributed by atoms with Gasteiger partial charge in [0.15, 0.2) is 0 Å². The molecule has 0 saturated carbocycles. The van der Waals surface area contributed by atoms with Gasteiger partial charge < -0.3 is 5.32 Å². The van der Waals surface area contributed by atoms with E-state index in [1.54, 1.807) is 30.3 Å². The van der Waals surface area contributed by atoms with Crippen molar-refractivity contribution in [2.75, 3.05) is 0 Å². The number of carbonyl (C=O) groups excluding carboxylic acids is 1. The highest BCUT2D eigenvalue weighted by molar-refractivity contribution is 7.98. The summed E-state index contributed by atoms with van der Waals surface area (Å²) in [4.78, 5) is 12.9. The van der Waals surface area contributed by atoms with Gasteiger partial charge in [0, 0.05) is 11.4 Å². The lowest BCUT2D eigenvalue weighted by atomic mass is 10.2. The van der Waals surface area contributed by atoms with E-state index in [-0.39, 0.29) is 23.3 Å². The molecule has 1 heterocycles. The first kappa shape index (κ1) is 19.1. The maximum absolute atomic E-state index is 12.9. The van der Waals surface area contributed by atoms with Gasteiger partial charge in [-0.2, -0.15) is 0 Å². The molecule has 0 aliphatic rings. The Morgan fingerprint density at radius 2 is 1.81 bits per heavy atom. The Bertz CT molecular complexity index is 898. The number of nitrogens with zero attached hydrogens (tertiary/aromatic N) is 2. The molecule has 26 heavy (non-hydrogen) atoms. The van der Waals surface area contributed by atoms with Gasteiger partial charge in [-0.3, -0.25) is 4.79 Å². The Labute approximate surface area is 167 Å². The van der Waals surface area contributed by atoms with Crippen LogP contribution in [-0.2, 0) is 12.3 Å². The molecule has 3 aromatic rings.